The van der Waals surface area contributed by atoms with Gasteiger partial charge in [-0.15, -0.1) is 11.3 Å². The van der Waals surface area contributed by atoms with Gasteiger partial charge >= 0.3 is 0 Å². The molecule has 3 aromatic rings. The third-order valence-electron chi connectivity index (χ3n) is 5.27. The zero-order chi connectivity index (χ0) is 23.2. The van der Waals surface area contributed by atoms with Crippen LogP contribution in [-0.2, 0) is 6.42 Å². The van der Waals surface area contributed by atoms with Crippen LogP contribution in [0.25, 0.3) is 10.6 Å². The van der Waals surface area contributed by atoms with Gasteiger partial charge in [0.15, 0.2) is 16.6 Å². The van der Waals surface area contributed by atoms with Crippen molar-refractivity contribution in [3.05, 3.63) is 59.4 Å². The number of ether oxygens (including phenoxy) is 2. The molecule has 1 aliphatic rings. The maximum Gasteiger partial charge on any atom is 0.291 e. The van der Waals surface area contributed by atoms with Gasteiger partial charge in [0.2, 0.25) is 0 Å². The predicted octanol–water partition coefficient (Wildman–Crippen LogP) is 3.40. The molecule has 0 radical (unpaired) electrons. The number of benzene rings is 1. The maximum absolute atomic E-state index is 13.1. The van der Waals surface area contributed by atoms with E-state index in [1.54, 1.807) is 37.0 Å². The van der Waals surface area contributed by atoms with E-state index in [0.29, 0.717) is 41.9 Å². The van der Waals surface area contributed by atoms with Crippen molar-refractivity contribution in [2.75, 3.05) is 33.9 Å². The molecule has 1 N–H and O–H groups in total. The van der Waals surface area contributed by atoms with Gasteiger partial charge < -0.3 is 14.8 Å². The Balaban J connectivity index is 1.35. The lowest BCUT2D eigenvalue weighted by atomic mass is 10.1. The van der Waals surface area contributed by atoms with E-state index >= 15 is 0 Å². The summed E-state index contributed by atoms with van der Waals surface area (Å²) in [6.45, 7) is 1.93. The molecule has 172 valence electrons. The zero-order valence-corrected chi connectivity index (χ0v) is 20.1. The fourth-order valence-corrected chi connectivity index (χ4v) is 4.68. The van der Waals surface area contributed by atoms with E-state index in [-0.39, 0.29) is 5.91 Å². The molecule has 0 saturated carbocycles. The van der Waals surface area contributed by atoms with Crippen molar-refractivity contribution in [2.24, 2.45) is 0 Å². The summed E-state index contributed by atoms with van der Waals surface area (Å²) in [5.41, 5.74) is 2.41. The second kappa shape index (κ2) is 10.6. The monoisotopic (exact) mass is 483 g/mol. The molecule has 1 aliphatic heterocycles. The van der Waals surface area contributed by atoms with Crippen LogP contribution in [0.4, 0.5) is 0 Å². The quantitative estimate of drug-likeness (QED) is 0.512. The summed E-state index contributed by atoms with van der Waals surface area (Å²) in [6, 6.07) is 9.63. The summed E-state index contributed by atoms with van der Waals surface area (Å²) >= 11 is 7.03. The van der Waals surface area contributed by atoms with Crippen LogP contribution in [0, 0.1) is 0 Å². The highest BCUT2D eigenvalue weighted by Gasteiger charge is 2.30. The molecule has 1 fully saturated rings. The van der Waals surface area contributed by atoms with Crippen LogP contribution < -0.4 is 14.8 Å². The molecule has 1 amide bonds. The van der Waals surface area contributed by atoms with Gasteiger partial charge in [0.25, 0.3) is 5.91 Å². The van der Waals surface area contributed by atoms with Gasteiger partial charge in [0.1, 0.15) is 10.7 Å². The van der Waals surface area contributed by atoms with Crippen LogP contribution >= 0.6 is 23.6 Å². The van der Waals surface area contributed by atoms with E-state index in [2.05, 4.69) is 15.3 Å². The van der Waals surface area contributed by atoms with Gasteiger partial charge in [0.05, 0.1) is 14.2 Å². The molecule has 1 aromatic carbocycles. The second-order valence-electron chi connectivity index (χ2n) is 7.36. The number of rotatable bonds is 7. The van der Waals surface area contributed by atoms with E-state index in [1.807, 2.05) is 35.3 Å². The van der Waals surface area contributed by atoms with Gasteiger partial charge in [0, 0.05) is 43.0 Å². The molecular weight excluding hydrogens is 458 g/mol. The first-order valence-corrected chi connectivity index (χ1v) is 11.8. The Morgan fingerprint density at radius 2 is 2.00 bits per heavy atom. The second-order valence-corrected chi connectivity index (χ2v) is 8.60. The van der Waals surface area contributed by atoms with E-state index in [9.17, 15) is 4.79 Å². The summed E-state index contributed by atoms with van der Waals surface area (Å²) in [7, 11) is 3.24. The minimum Gasteiger partial charge on any atom is -0.493 e. The van der Waals surface area contributed by atoms with Gasteiger partial charge in [-0.25, -0.2) is 9.99 Å². The Bertz CT molecular complexity index is 1120. The Labute approximate surface area is 202 Å². The number of thiazole rings is 1. The SMILES string of the molecule is COc1ccc(CCNC(=S)N2CCCN2C(=O)c2csc(-c3cccnc3)n2)cc1OC. The molecule has 8 nitrogen and oxygen atoms in total. The number of nitrogens with one attached hydrogen (secondary N) is 1. The Morgan fingerprint density at radius 1 is 1.18 bits per heavy atom. The van der Waals surface area contributed by atoms with Crippen LogP contribution in [0.5, 0.6) is 11.5 Å². The first-order chi connectivity index (χ1) is 16.1. The molecule has 1 saturated heterocycles. The van der Waals surface area contributed by atoms with Crippen molar-refractivity contribution in [1.82, 2.24) is 25.3 Å². The van der Waals surface area contributed by atoms with Gasteiger partial charge in [-0.3, -0.25) is 14.8 Å². The lowest BCUT2D eigenvalue weighted by molar-refractivity contribution is 0.0486. The van der Waals surface area contributed by atoms with E-state index in [4.69, 9.17) is 21.7 Å². The summed E-state index contributed by atoms with van der Waals surface area (Å²) in [5, 5.41) is 9.86. The number of aromatic nitrogens is 2. The third-order valence-corrected chi connectivity index (χ3v) is 6.52. The first kappa shape index (κ1) is 22.9. The minimum absolute atomic E-state index is 0.150. The highest BCUT2D eigenvalue weighted by molar-refractivity contribution is 7.80. The van der Waals surface area contributed by atoms with Crippen molar-refractivity contribution in [1.29, 1.82) is 0 Å². The molecule has 3 heterocycles. The first-order valence-electron chi connectivity index (χ1n) is 10.5. The fraction of sp³-hybridized carbons (Fsp3) is 0.304. The van der Waals surface area contributed by atoms with E-state index < -0.39 is 0 Å². The molecule has 0 spiro atoms. The van der Waals surface area contributed by atoms with Crippen LogP contribution in [0.3, 0.4) is 0 Å². The number of nitrogens with zero attached hydrogens (tertiary/aromatic N) is 4. The van der Waals surface area contributed by atoms with Gasteiger partial charge in [-0.2, -0.15) is 0 Å². The molecule has 0 bridgehead atoms. The highest BCUT2D eigenvalue weighted by atomic mass is 32.1. The number of hydrazine groups is 1. The van der Waals surface area contributed by atoms with Crippen LogP contribution in [0.1, 0.15) is 22.5 Å². The van der Waals surface area contributed by atoms with Crippen molar-refractivity contribution in [2.45, 2.75) is 12.8 Å². The van der Waals surface area contributed by atoms with Gasteiger partial charge in [-0.05, 0) is 54.9 Å². The number of carbonyl (C=O) groups excluding carboxylic acids is 1. The zero-order valence-electron chi connectivity index (χ0n) is 18.5. The van der Waals surface area contributed by atoms with Crippen molar-refractivity contribution < 1.29 is 14.3 Å². The maximum atomic E-state index is 13.1. The third kappa shape index (κ3) is 5.23. The number of hydrogen-bond acceptors (Lipinski definition) is 7. The average Bonchev–Trinajstić information content (AvgIpc) is 3.54. The van der Waals surface area contributed by atoms with E-state index in [0.717, 1.165) is 29.0 Å². The average molecular weight is 484 g/mol. The molecule has 0 unspecified atom stereocenters. The summed E-state index contributed by atoms with van der Waals surface area (Å²) < 4.78 is 10.7. The van der Waals surface area contributed by atoms with E-state index in [1.165, 1.54) is 11.3 Å². The number of thiocarbonyl (C=S) groups is 1. The number of carbonyl (C=O) groups is 1. The molecular formula is C23H25N5O3S2. The smallest absolute Gasteiger partial charge is 0.291 e. The Hall–Kier alpha value is -3.24. The van der Waals surface area contributed by atoms with Gasteiger partial charge in [-0.1, -0.05) is 6.07 Å². The predicted molar refractivity (Wildman–Crippen MR) is 132 cm³/mol. The number of pyridine rings is 1. The number of hydrogen-bond donors (Lipinski definition) is 1. The highest BCUT2D eigenvalue weighted by Crippen LogP contribution is 2.28. The van der Waals surface area contributed by atoms with Crippen molar-refractivity contribution in [3.63, 3.8) is 0 Å². The normalized spacial score (nSPS) is 13.2. The van der Waals surface area contributed by atoms with Crippen LogP contribution in [0.15, 0.2) is 48.1 Å². The van der Waals surface area contributed by atoms with Crippen LogP contribution in [-0.4, -0.2) is 64.9 Å². The topological polar surface area (TPSA) is 79.8 Å². The lowest BCUT2D eigenvalue weighted by Gasteiger charge is -2.29. The van der Waals surface area contributed by atoms with Crippen molar-refractivity contribution in [3.8, 4) is 22.1 Å². The standard InChI is InChI=1S/C23H25N5O3S2/c1-30-19-7-6-16(13-20(19)31-2)8-10-25-23(32)28-12-4-11-27(28)22(29)18-15-33-21(26-18)17-5-3-9-24-14-17/h3,5-7,9,13-15H,4,8,10-12H2,1-2H3,(H,25,32). The minimum atomic E-state index is -0.150. The largest absolute Gasteiger partial charge is 0.493 e. The van der Waals surface area contributed by atoms with Crippen LogP contribution in [0.2, 0.25) is 0 Å². The lowest BCUT2D eigenvalue weighted by Crippen LogP contribution is -2.49. The molecule has 33 heavy (non-hydrogen) atoms. The van der Waals surface area contributed by atoms with Crippen molar-refractivity contribution >= 4 is 34.6 Å². The molecule has 4 rings (SSSR count). The molecule has 2 aromatic heterocycles. The summed E-state index contributed by atoms with van der Waals surface area (Å²) in [6.07, 6.45) is 5.06. The fourth-order valence-electron chi connectivity index (χ4n) is 3.60. The molecule has 0 aliphatic carbocycles. The number of amides is 1. The summed E-state index contributed by atoms with van der Waals surface area (Å²) in [4.78, 5) is 21.8. The molecule has 0 atom stereocenters. The Morgan fingerprint density at radius 3 is 2.76 bits per heavy atom. The number of methoxy groups -OCH3 is 2. The molecule has 10 heteroatoms. The Kier molecular flexibility index (Phi) is 7.36. The summed E-state index contributed by atoms with van der Waals surface area (Å²) in [5.74, 6) is 1.25.